The first-order valence-electron chi connectivity index (χ1n) is 19.6. The number of benzene rings is 8. The monoisotopic (exact) mass is 739 g/mol. The van der Waals surface area contributed by atoms with Gasteiger partial charge in [0.15, 0.2) is 5.82 Å². The van der Waals surface area contributed by atoms with Gasteiger partial charge in [0.1, 0.15) is 5.69 Å². The third-order valence-electron chi connectivity index (χ3n) is 10.6. The number of aromatic nitrogens is 3. The first-order valence-corrected chi connectivity index (χ1v) is 19.6. The van der Waals surface area contributed by atoms with Crippen molar-refractivity contribution in [2.45, 2.75) is 0 Å². The van der Waals surface area contributed by atoms with Crippen LogP contribution in [0.15, 0.2) is 224 Å². The second-order valence-electron chi connectivity index (χ2n) is 14.5. The van der Waals surface area contributed by atoms with Gasteiger partial charge >= 0.3 is 0 Å². The van der Waals surface area contributed by atoms with E-state index < -0.39 is 0 Å². The summed E-state index contributed by atoms with van der Waals surface area (Å²) in [5, 5.41) is 0.958. The highest BCUT2D eigenvalue weighted by molar-refractivity contribution is 5.94. The van der Waals surface area contributed by atoms with Gasteiger partial charge in [-0.25, -0.2) is 15.0 Å². The van der Waals surface area contributed by atoms with Crippen LogP contribution < -0.4 is 0 Å². The molecule has 2 heterocycles. The number of rotatable bonds is 8. The number of para-hydroxylation sites is 1. The van der Waals surface area contributed by atoms with E-state index in [0.717, 1.165) is 66.9 Å². The molecule has 3 heteroatoms. The van der Waals surface area contributed by atoms with Crippen LogP contribution in [0.5, 0.6) is 0 Å². The normalized spacial score (nSPS) is 11.1. The van der Waals surface area contributed by atoms with Crippen molar-refractivity contribution in [3.05, 3.63) is 224 Å². The highest BCUT2D eigenvalue weighted by Crippen LogP contribution is 2.37. The van der Waals surface area contributed by atoms with Gasteiger partial charge in [-0.3, -0.25) is 0 Å². The van der Waals surface area contributed by atoms with Gasteiger partial charge < -0.3 is 0 Å². The molecular weight excluding hydrogens is 703 g/mol. The van der Waals surface area contributed by atoms with Gasteiger partial charge in [-0.2, -0.15) is 0 Å². The van der Waals surface area contributed by atoms with Crippen LogP contribution in [-0.4, -0.2) is 15.0 Å². The Kier molecular flexibility index (Phi) is 9.23. The quantitative estimate of drug-likeness (QED) is 0.156. The zero-order chi connectivity index (χ0) is 38.7. The van der Waals surface area contributed by atoms with E-state index in [1.54, 1.807) is 0 Å². The Hall–Kier alpha value is -7.75. The minimum Gasteiger partial charge on any atom is -0.246 e. The van der Waals surface area contributed by atoms with E-state index in [1.807, 2.05) is 24.3 Å². The molecular formula is C55H37N3. The summed E-state index contributed by atoms with van der Waals surface area (Å²) in [6.45, 7) is 0. The Morgan fingerprint density at radius 1 is 0.224 bits per heavy atom. The second kappa shape index (κ2) is 15.4. The molecule has 0 N–H and O–H groups in total. The first-order chi connectivity index (χ1) is 28.7. The van der Waals surface area contributed by atoms with E-state index in [0.29, 0.717) is 5.82 Å². The number of fused-ring (bicyclic) bond motifs is 1. The van der Waals surface area contributed by atoms with Crippen molar-refractivity contribution in [2.24, 2.45) is 0 Å². The number of hydrogen-bond acceptors (Lipinski definition) is 3. The Morgan fingerprint density at radius 3 is 1.17 bits per heavy atom. The van der Waals surface area contributed by atoms with Crippen molar-refractivity contribution in [2.75, 3.05) is 0 Å². The van der Waals surface area contributed by atoms with Crippen molar-refractivity contribution in [1.29, 1.82) is 0 Å². The van der Waals surface area contributed by atoms with E-state index >= 15 is 0 Å². The molecule has 0 fully saturated rings. The zero-order valence-electron chi connectivity index (χ0n) is 31.7. The number of pyridine rings is 1. The first kappa shape index (κ1) is 34.7. The van der Waals surface area contributed by atoms with Crippen molar-refractivity contribution >= 4 is 10.9 Å². The van der Waals surface area contributed by atoms with Crippen LogP contribution in [0.2, 0.25) is 0 Å². The van der Waals surface area contributed by atoms with E-state index in [9.17, 15) is 0 Å². The van der Waals surface area contributed by atoms with E-state index in [2.05, 4.69) is 200 Å². The number of hydrogen-bond donors (Lipinski definition) is 0. The molecule has 0 radical (unpaired) electrons. The summed E-state index contributed by atoms with van der Waals surface area (Å²) in [5.74, 6) is 0.656. The van der Waals surface area contributed by atoms with Gasteiger partial charge in [0, 0.05) is 16.5 Å². The molecule has 0 unspecified atom stereocenters. The molecule has 0 atom stereocenters. The predicted octanol–water partition coefficient (Wildman–Crippen LogP) is 14.4. The molecule has 10 aromatic rings. The molecule has 0 aliphatic heterocycles. The standard InChI is InChI=1S/C55H37N3/c1-5-17-38(18-6-1)46-33-47(39-19-7-2-8-20-39)35-48(34-46)44-27-15-25-42(31-44)43-26-16-28-45(32-43)55-57-51-30-14-13-29-50(51)54(58-55)53-37-49(40-21-9-3-10-22-40)36-52(56-53)41-23-11-4-12-24-41/h1-37H. The Balaban J connectivity index is 1.07. The summed E-state index contributed by atoms with van der Waals surface area (Å²) in [5.41, 5.74) is 16.9. The highest BCUT2D eigenvalue weighted by Gasteiger charge is 2.16. The Morgan fingerprint density at radius 2 is 0.603 bits per heavy atom. The molecule has 0 aliphatic carbocycles. The van der Waals surface area contributed by atoms with Crippen molar-refractivity contribution in [1.82, 2.24) is 15.0 Å². The topological polar surface area (TPSA) is 38.7 Å². The predicted molar refractivity (Wildman–Crippen MR) is 241 cm³/mol. The molecule has 2 aromatic heterocycles. The van der Waals surface area contributed by atoms with Crippen molar-refractivity contribution < 1.29 is 0 Å². The van der Waals surface area contributed by atoms with Gasteiger partial charge in [-0.05, 0) is 104 Å². The Labute approximate surface area is 338 Å². The third kappa shape index (κ3) is 7.09. The minimum atomic E-state index is 0.656. The molecule has 58 heavy (non-hydrogen) atoms. The maximum absolute atomic E-state index is 5.31. The van der Waals surface area contributed by atoms with Gasteiger partial charge in [-0.1, -0.05) is 176 Å². The molecule has 0 saturated carbocycles. The summed E-state index contributed by atoms with van der Waals surface area (Å²) < 4.78 is 0. The average molecular weight is 740 g/mol. The van der Waals surface area contributed by atoms with Crippen LogP contribution in [0.3, 0.4) is 0 Å². The summed E-state index contributed by atoms with van der Waals surface area (Å²) in [7, 11) is 0. The fraction of sp³-hybridized carbons (Fsp3) is 0. The van der Waals surface area contributed by atoms with Crippen LogP contribution in [-0.2, 0) is 0 Å². The molecule has 8 aromatic carbocycles. The summed E-state index contributed by atoms with van der Waals surface area (Å²) in [6.07, 6.45) is 0. The van der Waals surface area contributed by atoms with Crippen LogP contribution in [0.4, 0.5) is 0 Å². The maximum Gasteiger partial charge on any atom is 0.160 e. The molecule has 272 valence electrons. The molecule has 0 spiro atoms. The molecule has 0 bridgehead atoms. The molecule has 3 nitrogen and oxygen atoms in total. The summed E-state index contributed by atoms with van der Waals surface area (Å²) in [4.78, 5) is 15.7. The maximum atomic E-state index is 5.31. The van der Waals surface area contributed by atoms with Crippen LogP contribution in [0.1, 0.15) is 0 Å². The minimum absolute atomic E-state index is 0.656. The van der Waals surface area contributed by atoms with Gasteiger partial charge in [0.05, 0.1) is 16.9 Å². The SMILES string of the molecule is c1ccc(-c2cc(-c3ccccc3)cc(-c3cccc(-c4cccc(-c5nc(-c6cc(-c7ccccc7)cc(-c7ccccc7)n6)c6ccccc6n5)c4)c3)c2)cc1. The molecule has 10 rings (SSSR count). The highest BCUT2D eigenvalue weighted by atomic mass is 14.9. The summed E-state index contributed by atoms with van der Waals surface area (Å²) in [6, 6.07) is 78.8. The molecule has 0 amide bonds. The number of nitrogens with zero attached hydrogens (tertiary/aromatic N) is 3. The fourth-order valence-electron chi connectivity index (χ4n) is 7.71. The Bertz CT molecular complexity index is 2920. The van der Waals surface area contributed by atoms with Crippen LogP contribution in [0.25, 0.3) is 101 Å². The lowest BCUT2D eigenvalue weighted by atomic mass is 9.92. The lowest BCUT2D eigenvalue weighted by molar-refractivity contribution is 1.20. The van der Waals surface area contributed by atoms with Crippen LogP contribution in [0, 0.1) is 0 Å². The van der Waals surface area contributed by atoms with Crippen molar-refractivity contribution in [3.63, 3.8) is 0 Å². The largest absolute Gasteiger partial charge is 0.246 e. The second-order valence-corrected chi connectivity index (χ2v) is 14.5. The molecule has 0 saturated heterocycles. The summed E-state index contributed by atoms with van der Waals surface area (Å²) >= 11 is 0. The molecule has 0 aliphatic rings. The lowest BCUT2D eigenvalue weighted by Gasteiger charge is -2.14. The fourth-order valence-corrected chi connectivity index (χ4v) is 7.71. The van der Waals surface area contributed by atoms with Crippen LogP contribution >= 0.6 is 0 Å². The average Bonchev–Trinajstić information content (AvgIpc) is 3.32. The van der Waals surface area contributed by atoms with E-state index in [4.69, 9.17) is 15.0 Å². The smallest absolute Gasteiger partial charge is 0.160 e. The van der Waals surface area contributed by atoms with Gasteiger partial charge in [-0.15, -0.1) is 0 Å². The third-order valence-corrected chi connectivity index (χ3v) is 10.6. The van der Waals surface area contributed by atoms with Gasteiger partial charge in [0.25, 0.3) is 0 Å². The zero-order valence-corrected chi connectivity index (χ0v) is 31.7. The van der Waals surface area contributed by atoms with E-state index in [1.165, 1.54) is 27.8 Å². The van der Waals surface area contributed by atoms with Gasteiger partial charge in [0.2, 0.25) is 0 Å². The van der Waals surface area contributed by atoms with Crippen molar-refractivity contribution in [3.8, 4) is 89.7 Å². The lowest BCUT2D eigenvalue weighted by Crippen LogP contribution is -1.98. The van der Waals surface area contributed by atoms with E-state index in [-0.39, 0.29) is 0 Å².